The highest BCUT2D eigenvalue weighted by Crippen LogP contribution is 2.36. The van der Waals surface area contributed by atoms with Crippen LogP contribution in [0.5, 0.6) is 11.5 Å². The fourth-order valence-corrected chi connectivity index (χ4v) is 6.52. The van der Waals surface area contributed by atoms with Crippen molar-refractivity contribution in [1.82, 2.24) is 10.2 Å². The standard InChI is InChI=1S/C31H35Cl2N3O6S/c1-4-21(3)34-31(38)27(5-2)35(19-22-11-12-23(32)17-26(22)33)30(37)20-36(43(39,40)25-9-7-6-8-10-25)24-13-14-28-29(18-24)42-16-15-41-28/h6-14,17-18,21,27H,4-5,15-16,19-20H2,1-3H3,(H,34,38)/t21-,27+/m1/s1. The van der Waals surface area contributed by atoms with Gasteiger partial charge < -0.3 is 19.7 Å². The van der Waals surface area contributed by atoms with Gasteiger partial charge in [-0.25, -0.2) is 8.42 Å². The van der Waals surface area contributed by atoms with Crippen molar-refractivity contribution in [2.24, 2.45) is 0 Å². The molecule has 0 aromatic heterocycles. The van der Waals surface area contributed by atoms with Crippen LogP contribution in [0.4, 0.5) is 5.69 Å². The second kappa shape index (κ2) is 14.3. The fraction of sp³-hybridized carbons (Fsp3) is 0.355. The summed E-state index contributed by atoms with van der Waals surface area (Å²) < 4.78 is 40.4. The predicted octanol–water partition coefficient (Wildman–Crippen LogP) is 5.68. The lowest BCUT2D eigenvalue weighted by Gasteiger charge is -2.34. The number of carbonyl (C=O) groups is 2. The van der Waals surface area contributed by atoms with E-state index < -0.39 is 28.5 Å². The Morgan fingerprint density at radius 3 is 2.28 bits per heavy atom. The normalized spacial score (nSPS) is 14.0. The maximum Gasteiger partial charge on any atom is 0.264 e. The maximum absolute atomic E-state index is 14.3. The van der Waals surface area contributed by atoms with E-state index >= 15 is 0 Å². The van der Waals surface area contributed by atoms with E-state index in [0.29, 0.717) is 46.7 Å². The molecule has 4 rings (SSSR count). The van der Waals surface area contributed by atoms with Crippen LogP contribution < -0.4 is 19.1 Å². The molecule has 0 unspecified atom stereocenters. The minimum Gasteiger partial charge on any atom is -0.486 e. The maximum atomic E-state index is 14.3. The third-order valence-corrected chi connectivity index (χ3v) is 9.54. The van der Waals surface area contributed by atoms with Crippen LogP contribution >= 0.6 is 23.2 Å². The van der Waals surface area contributed by atoms with Gasteiger partial charge in [0.1, 0.15) is 25.8 Å². The first-order valence-electron chi connectivity index (χ1n) is 14.1. The van der Waals surface area contributed by atoms with E-state index in [9.17, 15) is 18.0 Å². The van der Waals surface area contributed by atoms with Crippen LogP contribution in [0.1, 0.15) is 39.2 Å². The number of hydrogen-bond acceptors (Lipinski definition) is 6. The molecule has 0 radical (unpaired) electrons. The van der Waals surface area contributed by atoms with Crippen LogP contribution in [0.3, 0.4) is 0 Å². The van der Waals surface area contributed by atoms with E-state index in [0.717, 1.165) is 4.31 Å². The molecular formula is C31H35Cl2N3O6S. The predicted molar refractivity (Wildman–Crippen MR) is 167 cm³/mol. The number of hydrogen-bond donors (Lipinski definition) is 1. The van der Waals surface area contributed by atoms with Gasteiger partial charge in [0.25, 0.3) is 10.0 Å². The molecule has 12 heteroatoms. The molecular weight excluding hydrogens is 613 g/mol. The highest BCUT2D eigenvalue weighted by molar-refractivity contribution is 7.92. The number of fused-ring (bicyclic) bond motifs is 1. The molecule has 2 atom stereocenters. The summed E-state index contributed by atoms with van der Waals surface area (Å²) in [6.45, 7) is 5.67. The van der Waals surface area contributed by atoms with Crippen LogP contribution in [0, 0.1) is 0 Å². The molecule has 2 amide bonds. The van der Waals surface area contributed by atoms with Gasteiger partial charge in [-0.05, 0) is 61.7 Å². The van der Waals surface area contributed by atoms with Crippen molar-refractivity contribution < 1.29 is 27.5 Å². The van der Waals surface area contributed by atoms with Gasteiger partial charge in [-0.1, -0.05) is 61.3 Å². The summed E-state index contributed by atoms with van der Waals surface area (Å²) in [5, 5.41) is 3.70. The van der Waals surface area contributed by atoms with Crippen molar-refractivity contribution in [2.75, 3.05) is 24.1 Å². The van der Waals surface area contributed by atoms with Gasteiger partial charge >= 0.3 is 0 Å². The molecule has 0 bridgehead atoms. The number of amides is 2. The fourth-order valence-electron chi connectivity index (χ4n) is 4.63. The molecule has 0 spiro atoms. The van der Waals surface area contributed by atoms with Crippen LogP contribution in [-0.2, 0) is 26.2 Å². The summed E-state index contributed by atoms with van der Waals surface area (Å²) >= 11 is 12.6. The first-order chi connectivity index (χ1) is 20.5. The van der Waals surface area contributed by atoms with E-state index in [-0.39, 0.29) is 35.5 Å². The summed E-state index contributed by atoms with van der Waals surface area (Å²) in [5.74, 6) is -0.0857. The zero-order valence-corrected chi connectivity index (χ0v) is 26.6. The number of sulfonamides is 1. The van der Waals surface area contributed by atoms with Crippen LogP contribution in [0.25, 0.3) is 0 Å². The molecule has 0 aliphatic carbocycles. The third-order valence-electron chi connectivity index (χ3n) is 7.17. The Labute approximate surface area is 262 Å². The Morgan fingerprint density at radius 1 is 0.930 bits per heavy atom. The van der Waals surface area contributed by atoms with Crippen LogP contribution in [-0.4, -0.2) is 57.0 Å². The number of halogens is 2. The Kier molecular flexibility index (Phi) is 10.8. The molecule has 3 aromatic rings. The average Bonchev–Trinajstić information content (AvgIpc) is 3.00. The molecule has 230 valence electrons. The number of rotatable bonds is 12. The molecule has 9 nitrogen and oxygen atoms in total. The number of carbonyl (C=O) groups excluding carboxylic acids is 2. The Hall–Kier alpha value is -3.47. The summed E-state index contributed by atoms with van der Waals surface area (Å²) in [5.41, 5.74) is 0.772. The second-order valence-electron chi connectivity index (χ2n) is 10.2. The largest absolute Gasteiger partial charge is 0.486 e. The lowest BCUT2D eigenvalue weighted by molar-refractivity contribution is -0.140. The Bertz CT molecular complexity index is 1550. The highest BCUT2D eigenvalue weighted by Gasteiger charge is 2.34. The molecule has 0 saturated heterocycles. The van der Waals surface area contributed by atoms with Crippen LogP contribution in [0.2, 0.25) is 10.0 Å². The lowest BCUT2D eigenvalue weighted by atomic mass is 10.1. The van der Waals surface area contributed by atoms with Crippen molar-refractivity contribution in [3.63, 3.8) is 0 Å². The van der Waals surface area contributed by atoms with Gasteiger partial charge in [0.15, 0.2) is 11.5 Å². The van der Waals surface area contributed by atoms with E-state index in [4.69, 9.17) is 32.7 Å². The SMILES string of the molecule is CC[C@@H](C)NC(=O)[C@H](CC)N(Cc1ccc(Cl)cc1Cl)C(=O)CN(c1ccc2c(c1)OCCO2)S(=O)(=O)c1ccccc1. The summed E-state index contributed by atoms with van der Waals surface area (Å²) in [4.78, 5) is 29.1. The van der Waals surface area contributed by atoms with E-state index in [1.807, 2.05) is 13.8 Å². The topological polar surface area (TPSA) is 105 Å². The molecule has 0 saturated carbocycles. The minimum absolute atomic E-state index is 0.00606. The van der Waals surface area contributed by atoms with Gasteiger partial charge in [0.2, 0.25) is 11.8 Å². The zero-order valence-electron chi connectivity index (χ0n) is 24.3. The highest BCUT2D eigenvalue weighted by atomic mass is 35.5. The lowest BCUT2D eigenvalue weighted by Crippen LogP contribution is -2.53. The van der Waals surface area contributed by atoms with Gasteiger partial charge in [-0.2, -0.15) is 0 Å². The quantitative estimate of drug-likeness (QED) is 0.271. The molecule has 0 fully saturated rings. The second-order valence-corrected chi connectivity index (χ2v) is 12.9. The number of benzene rings is 3. The Balaban J connectivity index is 1.77. The summed E-state index contributed by atoms with van der Waals surface area (Å²) in [6.07, 6.45) is 0.987. The van der Waals surface area contributed by atoms with Gasteiger partial charge in [-0.15, -0.1) is 0 Å². The van der Waals surface area contributed by atoms with Gasteiger partial charge in [0.05, 0.1) is 10.6 Å². The molecule has 1 aliphatic rings. The van der Waals surface area contributed by atoms with Crippen molar-refractivity contribution >= 4 is 50.7 Å². The van der Waals surface area contributed by atoms with E-state index in [1.165, 1.54) is 23.1 Å². The molecule has 1 heterocycles. The van der Waals surface area contributed by atoms with Crippen molar-refractivity contribution in [3.8, 4) is 11.5 Å². The molecule has 1 N–H and O–H groups in total. The smallest absolute Gasteiger partial charge is 0.264 e. The number of nitrogens with zero attached hydrogens (tertiary/aromatic N) is 2. The molecule has 43 heavy (non-hydrogen) atoms. The van der Waals surface area contributed by atoms with Crippen LogP contribution in [0.15, 0.2) is 71.6 Å². The molecule has 3 aromatic carbocycles. The van der Waals surface area contributed by atoms with Crippen molar-refractivity contribution in [3.05, 3.63) is 82.3 Å². The number of ether oxygens (including phenoxy) is 2. The van der Waals surface area contributed by atoms with E-state index in [1.54, 1.807) is 55.5 Å². The van der Waals surface area contributed by atoms with E-state index in [2.05, 4.69) is 5.32 Å². The van der Waals surface area contributed by atoms with Crippen molar-refractivity contribution in [1.29, 1.82) is 0 Å². The minimum atomic E-state index is -4.23. The first kappa shape index (κ1) is 32.4. The third kappa shape index (κ3) is 7.74. The number of nitrogens with one attached hydrogen (secondary N) is 1. The monoisotopic (exact) mass is 647 g/mol. The zero-order chi connectivity index (χ0) is 31.1. The van der Waals surface area contributed by atoms with Crippen molar-refractivity contribution in [2.45, 2.75) is 57.1 Å². The first-order valence-corrected chi connectivity index (χ1v) is 16.3. The Morgan fingerprint density at radius 2 is 1.63 bits per heavy atom. The van der Waals surface area contributed by atoms with Gasteiger partial charge in [-0.3, -0.25) is 13.9 Å². The van der Waals surface area contributed by atoms with Gasteiger partial charge in [0, 0.05) is 28.7 Å². The summed E-state index contributed by atoms with van der Waals surface area (Å²) in [6, 6.07) is 16.4. The number of anilines is 1. The average molecular weight is 649 g/mol. The molecule has 1 aliphatic heterocycles. The summed E-state index contributed by atoms with van der Waals surface area (Å²) in [7, 11) is -4.23.